The Morgan fingerprint density at radius 3 is 2.25 bits per heavy atom. The summed E-state index contributed by atoms with van der Waals surface area (Å²) in [6, 6.07) is 14.1. The van der Waals surface area contributed by atoms with Crippen LogP contribution in [0.1, 0.15) is 5.56 Å². The van der Waals surface area contributed by atoms with Gasteiger partial charge in [-0.15, -0.1) is 0 Å². The summed E-state index contributed by atoms with van der Waals surface area (Å²) in [4.78, 5) is 8.80. The molecule has 2 aromatic carbocycles. The summed E-state index contributed by atoms with van der Waals surface area (Å²) in [5, 5.41) is 0. The highest BCUT2D eigenvalue weighted by atomic mass is 32.2. The number of ether oxygens (including phenoxy) is 2. The Balaban J connectivity index is 1.62. The third-order valence-corrected chi connectivity index (χ3v) is 5.57. The van der Waals surface area contributed by atoms with Gasteiger partial charge < -0.3 is 9.47 Å². The fourth-order valence-corrected chi connectivity index (χ4v) is 3.66. The van der Waals surface area contributed by atoms with Crippen LogP contribution in [0.5, 0.6) is 11.5 Å². The number of rotatable bonds is 8. The molecule has 3 aromatic rings. The topological polar surface area (TPSA) is 90.4 Å². The lowest BCUT2D eigenvalue weighted by atomic mass is 10.2. The van der Waals surface area contributed by atoms with Crippen molar-refractivity contribution in [1.82, 2.24) is 14.7 Å². The molecule has 1 N–H and O–H groups in total. The van der Waals surface area contributed by atoms with Gasteiger partial charge in [-0.1, -0.05) is 30.3 Å². The molecule has 28 heavy (non-hydrogen) atoms. The molecule has 0 aliphatic carbocycles. The van der Waals surface area contributed by atoms with E-state index in [1.807, 2.05) is 30.3 Å². The highest BCUT2D eigenvalue weighted by Crippen LogP contribution is 2.29. The minimum Gasteiger partial charge on any atom is -0.493 e. The molecule has 7 nitrogen and oxygen atoms in total. The van der Waals surface area contributed by atoms with Gasteiger partial charge in [0.05, 0.1) is 19.1 Å². The van der Waals surface area contributed by atoms with Crippen LogP contribution in [-0.4, -0.2) is 39.2 Å². The van der Waals surface area contributed by atoms with E-state index in [0.717, 1.165) is 11.1 Å². The van der Waals surface area contributed by atoms with Crippen LogP contribution in [0.4, 0.5) is 0 Å². The van der Waals surface area contributed by atoms with E-state index < -0.39 is 10.0 Å². The van der Waals surface area contributed by atoms with Crippen LogP contribution >= 0.6 is 0 Å². The summed E-state index contributed by atoms with van der Waals surface area (Å²) < 4.78 is 37.9. The van der Waals surface area contributed by atoms with E-state index in [1.54, 1.807) is 18.5 Å². The van der Waals surface area contributed by atoms with Crippen LogP contribution in [0, 0.1) is 0 Å². The molecule has 0 aliphatic heterocycles. The van der Waals surface area contributed by atoms with Crippen molar-refractivity contribution in [3.8, 4) is 22.9 Å². The molecule has 0 fully saturated rings. The van der Waals surface area contributed by atoms with Crippen LogP contribution < -0.4 is 14.2 Å². The Hall–Kier alpha value is -2.97. The standard InChI is InChI=1S/C20H21N3O4S/c1-26-18-9-8-17(12-19(18)27-2)28(24,25)23-11-10-15-13-21-20(22-14-15)16-6-4-3-5-7-16/h3-9,12-14,23H,10-11H2,1-2H3. The Labute approximate surface area is 164 Å². The van der Waals surface area contributed by atoms with E-state index in [-0.39, 0.29) is 11.4 Å². The average Bonchev–Trinajstić information content (AvgIpc) is 2.74. The highest BCUT2D eigenvalue weighted by molar-refractivity contribution is 7.89. The Bertz CT molecular complexity index is 1020. The van der Waals surface area contributed by atoms with Crippen molar-refractivity contribution in [3.63, 3.8) is 0 Å². The van der Waals surface area contributed by atoms with Gasteiger partial charge in [-0.2, -0.15) is 0 Å². The first-order valence-corrected chi connectivity index (χ1v) is 10.1. The molecular weight excluding hydrogens is 378 g/mol. The van der Waals surface area contributed by atoms with Crippen molar-refractivity contribution in [2.75, 3.05) is 20.8 Å². The molecule has 0 bridgehead atoms. The second kappa shape index (κ2) is 8.81. The van der Waals surface area contributed by atoms with E-state index in [2.05, 4.69) is 14.7 Å². The smallest absolute Gasteiger partial charge is 0.240 e. The normalized spacial score (nSPS) is 11.2. The molecule has 146 valence electrons. The van der Waals surface area contributed by atoms with Crippen molar-refractivity contribution in [2.24, 2.45) is 0 Å². The summed E-state index contributed by atoms with van der Waals surface area (Å²) in [5.74, 6) is 1.46. The number of nitrogens with one attached hydrogen (secondary N) is 1. The maximum Gasteiger partial charge on any atom is 0.240 e. The van der Waals surface area contributed by atoms with Gasteiger partial charge >= 0.3 is 0 Å². The number of nitrogens with zero attached hydrogens (tertiary/aromatic N) is 2. The molecule has 0 aliphatic rings. The molecule has 0 spiro atoms. The van der Waals surface area contributed by atoms with Gasteiger partial charge in [0, 0.05) is 30.6 Å². The Morgan fingerprint density at radius 1 is 0.929 bits per heavy atom. The lowest BCUT2D eigenvalue weighted by Crippen LogP contribution is -2.26. The molecule has 0 atom stereocenters. The number of aromatic nitrogens is 2. The summed E-state index contributed by atoms with van der Waals surface area (Å²) in [7, 11) is -0.711. The zero-order chi connectivity index (χ0) is 20.0. The highest BCUT2D eigenvalue weighted by Gasteiger charge is 2.16. The van der Waals surface area contributed by atoms with Gasteiger partial charge in [0.2, 0.25) is 10.0 Å². The molecule has 0 radical (unpaired) electrons. The quantitative estimate of drug-likeness (QED) is 0.626. The van der Waals surface area contributed by atoms with Crippen LogP contribution in [-0.2, 0) is 16.4 Å². The van der Waals surface area contributed by atoms with E-state index in [0.29, 0.717) is 23.7 Å². The average molecular weight is 399 g/mol. The number of sulfonamides is 1. The van der Waals surface area contributed by atoms with E-state index >= 15 is 0 Å². The van der Waals surface area contributed by atoms with Gasteiger partial charge in [0.25, 0.3) is 0 Å². The van der Waals surface area contributed by atoms with Gasteiger partial charge in [-0.25, -0.2) is 23.1 Å². The first-order valence-electron chi connectivity index (χ1n) is 8.61. The van der Waals surface area contributed by atoms with Gasteiger partial charge in [-0.3, -0.25) is 0 Å². The number of hydrogen-bond acceptors (Lipinski definition) is 6. The molecule has 0 unspecified atom stereocenters. The molecular formula is C20H21N3O4S. The Morgan fingerprint density at radius 2 is 1.61 bits per heavy atom. The number of benzene rings is 2. The van der Waals surface area contributed by atoms with E-state index in [9.17, 15) is 8.42 Å². The molecule has 0 amide bonds. The van der Waals surface area contributed by atoms with E-state index in [1.165, 1.54) is 26.4 Å². The summed E-state index contributed by atoms with van der Waals surface area (Å²) in [6.45, 7) is 0.227. The zero-order valence-corrected chi connectivity index (χ0v) is 16.4. The minimum atomic E-state index is -3.67. The van der Waals surface area contributed by atoms with Crippen molar-refractivity contribution in [2.45, 2.75) is 11.3 Å². The van der Waals surface area contributed by atoms with Crippen molar-refractivity contribution < 1.29 is 17.9 Å². The summed E-state index contributed by atoms with van der Waals surface area (Å²) in [6.07, 6.45) is 3.89. The third-order valence-electron chi connectivity index (χ3n) is 4.11. The predicted molar refractivity (Wildman–Crippen MR) is 106 cm³/mol. The van der Waals surface area contributed by atoms with Crippen LogP contribution in [0.2, 0.25) is 0 Å². The maximum absolute atomic E-state index is 12.5. The molecule has 8 heteroatoms. The van der Waals surface area contributed by atoms with Crippen LogP contribution in [0.15, 0.2) is 65.8 Å². The van der Waals surface area contributed by atoms with Crippen LogP contribution in [0.25, 0.3) is 11.4 Å². The largest absolute Gasteiger partial charge is 0.493 e. The number of hydrogen-bond donors (Lipinski definition) is 1. The predicted octanol–water partition coefficient (Wildman–Crippen LogP) is 2.68. The monoisotopic (exact) mass is 399 g/mol. The fourth-order valence-electron chi connectivity index (χ4n) is 2.62. The van der Waals surface area contributed by atoms with Gasteiger partial charge in [0.1, 0.15) is 0 Å². The first-order chi connectivity index (χ1) is 13.5. The van der Waals surface area contributed by atoms with Crippen LogP contribution in [0.3, 0.4) is 0 Å². The van der Waals surface area contributed by atoms with E-state index in [4.69, 9.17) is 9.47 Å². The molecule has 1 aromatic heterocycles. The lowest BCUT2D eigenvalue weighted by molar-refractivity contribution is 0.354. The van der Waals surface area contributed by atoms with Crippen molar-refractivity contribution in [3.05, 3.63) is 66.5 Å². The van der Waals surface area contributed by atoms with Gasteiger partial charge in [0.15, 0.2) is 17.3 Å². The minimum absolute atomic E-state index is 0.112. The SMILES string of the molecule is COc1ccc(S(=O)(=O)NCCc2cnc(-c3ccccc3)nc2)cc1OC. The second-order valence-corrected chi connectivity index (χ2v) is 7.71. The van der Waals surface area contributed by atoms with Gasteiger partial charge in [-0.05, 0) is 24.1 Å². The van der Waals surface area contributed by atoms with Crippen molar-refractivity contribution in [1.29, 1.82) is 0 Å². The molecule has 0 saturated carbocycles. The molecule has 3 rings (SSSR count). The summed E-state index contributed by atoms with van der Waals surface area (Å²) in [5.41, 5.74) is 1.78. The summed E-state index contributed by atoms with van der Waals surface area (Å²) >= 11 is 0. The Kier molecular flexibility index (Phi) is 6.23. The first kappa shape index (κ1) is 19.8. The number of methoxy groups -OCH3 is 2. The van der Waals surface area contributed by atoms with Crippen molar-refractivity contribution >= 4 is 10.0 Å². The molecule has 1 heterocycles. The zero-order valence-electron chi connectivity index (χ0n) is 15.6. The molecule has 0 saturated heterocycles. The lowest BCUT2D eigenvalue weighted by Gasteiger charge is -2.11. The third kappa shape index (κ3) is 4.65. The second-order valence-electron chi connectivity index (χ2n) is 5.95. The fraction of sp³-hybridized carbons (Fsp3) is 0.200. The maximum atomic E-state index is 12.5.